The Morgan fingerprint density at radius 3 is 2.73 bits per heavy atom. The minimum absolute atomic E-state index is 0.196. The van der Waals surface area contributed by atoms with Crippen LogP contribution in [0.1, 0.15) is 33.1 Å². The SMILES string of the molecule is CNC1CCC(C)CC1OC(C)COC. The molecule has 1 saturated carbocycles. The van der Waals surface area contributed by atoms with E-state index in [2.05, 4.69) is 19.2 Å². The molecule has 4 unspecified atom stereocenters. The summed E-state index contributed by atoms with van der Waals surface area (Å²) in [5.74, 6) is 0.786. The van der Waals surface area contributed by atoms with E-state index in [-0.39, 0.29) is 6.10 Å². The highest BCUT2D eigenvalue weighted by molar-refractivity contribution is 4.84. The van der Waals surface area contributed by atoms with Crippen LogP contribution in [-0.2, 0) is 9.47 Å². The van der Waals surface area contributed by atoms with Crippen molar-refractivity contribution < 1.29 is 9.47 Å². The molecule has 0 spiro atoms. The maximum Gasteiger partial charge on any atom is 0.0784 e. The van der Waals surface area contributed by atoms with Crippen molar-refractivity contribution in [3.05, 3.63) is 0 Å². The fourth-order valence-electron chi connectivity index (χ4n) is 2.38. The van der Waals surface area contributed by atoms with Gasteiger partial charge in [-0.15, -0.1) is 0 Å². The second-order valence-electron chi connectivity index (χ2n) is 4.75. The summed E-state index contributed by atoms with van der Waals surface area (Å²) in [5, 5.41) is 3.36. The quantitative estimate of drug-likeness (QED) is 0.759. The molecule has 0 aromatic carbocycles. The molecule has 0 bridgehead atoms. The Kier molecular flexibility index (Phi) is 5.58. The van der Waals surface area contributed by atoms with Crippen LogP contribution < -0.4 is 5.32 Å². The van der Waals surface area contributed by atoms with Crippen molar-refractivity contribution in [1.82, 2.24) is 5.32 Å². The molecule has 0 amide bonds. The number of nitrogens with one attached hydrogen (secondary N) is 1. The van der Waals surface area contributed by atoms with Crippen LogP contribution in [0.25, 0.3) is 0 Å². The molecule has 1 fully saturated rings. The first-order valence-corrected chi connectivity index (χ1v) is 5.99. The van der Waals surface area contributed by atoms with Crippen molar-refractivity contribution in [3.63, 3.8) is 0 Å². The highest BCUT2D eigenvalue weighted by atomic mass is 16.5. The molecule has 15 heavy (non-hydrogen) atoms. The van der Waals surface area contributed by atoms with Gasteiger partial charge in [-0.2, -0.15) is 0 Å². The summed E-state index contributed by atoms with van der Waals surface area (Å²) in [4.78, 5) is 0. The van der Waals surface area contributed by atoms with Gasteiger partial charge in [-0.25, -0.2) is 0 Å². The number of hydrogen-bond acceptors (Lipinski definition) is 3. The van der Waals surface area contributed by atoms with Crippen molar-refractivity contribution >= 4 is 0 Å². The average Bonchev–Trinajstić information content (AvgIpc) is 2.18. The van der Waals surface area contributed by atoms with Crippen LogP contribution in [0.3, 0.4) is 0 Å². The summed E-state index contributed by atoms with van der Waals surface area (Å²) in [6, 6.07) is 0.514. The molecule has 4 atom stereocenters. The molecule has 0 aromatic rings. The molecule has 0 heterocycles. The molecule has 3 nitrogen and oxygen atoms in total. The Balaban J connectivity index is 2.40. The van der Waals surface area contributed by atoms with E-state index in [9.17, 15) is 0 Å². The summed E-state index contributed by atoms with van der Waals surface area (Å²) >= 11 is 0. The monoisotopic (exact) mass is 215 g/mol. The number of hydrogen-bond donors (Lipinski definition) is 1. The highest BCUT2D eigenvalue weighted by Crippen LogP contribution is 2.26. The zero-order valence-electron chi connectivity index (χ0n) is 10.5. The van der Waals surface area contributed by atoms with Crippen molar-refractivity contribution in [2.75, 3.05) is 20.8 Å². The topological polar surface area (TPSA) is 30.5 Å². The molecular weight excluding hydrogens is 190 g/mol. The Hall–Kier alpha value is -0.120. The van der Waals surface area contributed by atoms with Crippen molar-refractivity contribution in [3.8, 4) is 0 Å². The van der Waals surface area contributed by atoms with E-state index in [1.54, 1.807) is 7.11 Å². The zero-order chi connectivity index (χ0) is 11.3. The molecule has 3 heteroatoms. The van der Waals surface area contributed by atoms with Crippen LogP contribution in [0.4, 0.5) is 0 Å². The summed E-state index contributed by atoms with van der Waals surface area (Å²) in [6.45, 7) is 5.07. The van der Waals surface area contributed by atoms with Crippen LogP contribution in [0.15, 0.2) is 0 Å². The number of ether oxygens (including phenoxy) is 2. The molecule has 0 aliphatic heterocycles. The molecule has 0 radical (unpaired) electrons. The summed E-state index contributed by atoms with van der Waals surface area (Å²) in [5.41, 5.74) is 0. The lowest BCUT2D eigenvalue weighted by molar-refractivity contribution is -0.0713. The minimum atomic E-state index is 0.196. The molecule has 1 aliphatic rings. The fourth-order valence-corrected chi connectivity index (χ4v) is 2.38. The third kappa shape index (κ3) is 4.09. The summed E-state index contributed by atoms with van der Waals surface area (Å²) in [6.07, 6.45) is 4.25. The van der Waals surface area contributed by atoms with Gasteiger partial charge in [-0.3, -0.25) is 0 Å². The van der Waals surface area contributed by atoms with Gasteiger partial charge < -0.3 is 14.8 Å². The predicted molar refractivity (Wildman–Crippen MR) is 62.1 cm³/mol. The third-order valence-electron chi connectivity index (χ3n) is 3.23. The van der Waals surface area contributed by atoms with Crippen molar-refractivity contribution in [2.24, 2.45) is 5.92 Å². The Labute approximate surface area is 93.5 Å². The molecule has 90 valence electrons. The van der Waals surface area contributed by atoms with E-state index in [4.69, 9.17) is 9.47 Å². The van der Waals surface area contributed by atoms with Gasteiger partial charge >= 0.3 is 0 Å². The minimum Gasteiger partial charge on any atom is -0.382 e. The first kappa shape index (κ1) is 12.9. The van der Waals surface area contributed by atoms with Gasteiger partial charge in [-0.05, 0) is 39.2 Å². The summed E-state index contributed by atoms with van der Waals surface area (Å²) in [7, 11) is 3.75. The normalized spacial score (nSPS) is 34.0. The Morgan fingerprint density at radius 2 is 2.13 bits per heavy atom. The van der Waals surface area contributed by atoms with Gasteiger partial charge in [0.25, 0.3) is 0 Å². The second-order valence-corrected chi connectivity index (χ2v) is 4.75. The van der Waals surface area contributed by atoms with Gasteiger partial charge in [0.05, 0.1) is 18.8 Å². The maximum absolute atomic E-state index is 6.02. The zero-order valence-corrected chi connectivity index (χ0v) is 10.5. The van der Waals surface area contributed by atoms with E-state index in [0.29, 0.717) is 18.8 Å². The second kappa shape index (κ2) is 6.46. The molecular formula is C12H25NO2. The Bertz CT molecular complexity index is 175. The van der Waals surface area contributed by atoms with Gasteiger partial charge in [0.1, 0.15) is 0 Å². The van der Waals surface area contributed by atoms with Crippen molar-refractivity contribution in [2.45, 2.75) is 51.4 Å². The largest absolute Gasteiger partial charge is 0.382 e. The fraction of sp³-hybridized carbons (Fsp3) is 1.00. The van der Waals surface area contributed by atoms with Crippen LogP contribution in [0.2, 0.25) is 0 Å². The number of rotatable bonds is 5. The standard InChI is InChI=1S/C12H25NO2/c1-9-5-6-11(13-3)12(7-9)15-10(2)8-14-4/h9-13H,5-8H2,1-4H3. The smallest absolute Gasteiger partial charge is 0.0784 e. The van der Waals surface area contributed by atoms with Crippen LogP contribution >= 0.6 is 0 Å². The number of likely N-dealkylation sites (N-methyl/N-ethyl adjacent to an activating group) is 1. The first-order valence-electron chi connectivity index (χ1n) is 5.99. The lowest BCUT2D eigenvalue weighted by Gasteiger charge is -2.36. The van der Waals surface area contributed by atoms with Crippen molar-refractivity contribution in [1.29, 1.82) is 0 Å². The van der Waals surface area contributed by atoms with E-state index in [1.807, 2.05) is 7.05 Å². The van der Waals surface area contributed by atoms with E-state index >= 15 is 0 Å². The van der Waals surface area contributed by atoms with E-state index < -0.39 is 0 Å². The predicted octanol–water partition coefficient (Wildman–Crippen LogP) is 1.81. The molecule has 1 aliphatic carbocycles. The van der Waals surface area contributed by atoms with Crippen LogP contribution in [0, 0.1) is 5.92 Å². The average molecular weight is 215 g/mol. The first-order chi connectivity index (χ1) is 7.17. The number of methoxy groups -OCH3 is 1. The molecule has 1 rings (SSSR count). The van der Waals surface area contributed by atoms with E-state index in [0.717, 1.165) is 5.92 Å². The van der Waals surface area contributed by atoms with Crippen LogP contribution in [-0.4, -0.2) is 39.0 Å². The maximum atomic E-state index is 6.02. The van der Waals surface area contributed by atoms with Gasteiger partial charge in [0, 0.05) is 13.2 Å². The molecule has 0 saturated heterocycles. The van der Waals surface area contributed by atoms with E-state index in [1.165, 1.54) is 19.3 Å². The third-order valence-corrected chi connectivity index (χ3v) is 3.23. The van der Waals surface area contributed by atoms with Gasteiger partial charge in [0.15, 0.2) is 0 Å². The van der Waals surface area contributed by atoms with Crippen LogP contribution in [0.5, 0.6) is 0 Å². The highest BCUT2D eigenvalue weighted by Gasteiger charge is 2.29. The lowest BCUT2D eigenvalue weighted by Crippen LogP contribution is -2.45. The van der Waals surface area contributed by atoms with Gasteiger partial charge in [-0.1, -0.05) is 6.92 Å². The summed E-state index contributed by atoms with van der Waals surface area (Å²) < 4.78 is 11.1. The molecule has 1 N–H and O–H groups in total. The Morgan fingerprint density at radius 1 is 1.40 bits per heavy atom. The van der Waals surface area contributed by atoms with Gasteiger partial charge in [0.2, 0.25) is 0 Å². The molecule has 0 aromatic heterocycles. The lowest BCUT2D eigenvalue weighted by atomic mass is 9.85.